The van der Waals surface area contributed by atoms with Gasteiger partial charge >= 0.3 is 0 Å². The zero-order valence-corrected chi connectivity index (χ0v) is 9.16. The number of nitrogens with zero attached hydrogens (tertiary/aromatic N) is 4. The van der Waals surface area contributed by atoms with Crippen molar-refractivity contribution in [1.82, 2.24) is 14.3 Å². The maximum absolute atomic E-state index is 11.7. The first-order valence-electron chi connectivity index (χ1n) is 4.84. The molecule has 5 nitrogen and oxygen atoms in total. The molecular formula is C11H12N4O. The Labute approximate surface area is 93.0 Å². The van der Waals surface area contributed by atoms with Gasteiger partial charge in [0.05, 0.1) is 6.34 Å². The molecule has 82 valence electrons. The lowest BCUT2D eigenvalue weighted by molar-refractivity contribution is 0.100. The van der Waals surface area contributed by atoms with E-state index >= 15 is 0 Å². The lowest BCUT2D eigenvalue weighted by atomic mass is 10.2. The van der Waals surface area contributed by atoms with Gasteiger partial charge in [0.1, 0.15) is 5.65 Å². The van der Waals surface area contributed by atoms with Gasteiger partial charge in [-0.15, -0.1) is 0 Å². The molecule has 2 rings (SSSR count). The molecule has 0 bridgehead atoms. The molecule has 5 heteroatoms. The molecule has 2 aromatic rings. The zero-order chi connectivity index (χ0) is 11.5. The molecule has 0 aliphatic heterocycles. The molecule has 0 aliphatic rings. The molecule has 0 radical (unpaired) electrons. The van der Waals surface area contributed by atoms with Gasteiger partial charge in [0.15, 0.2) is 0 Å². The summed E-state index contributed by atoms with van der Waals surface area (Å²) in [4.78, 5) is 21.3. The monoisotopic (exact) mass is 216 g/mol. The second-order valence-corrected chi connectivity index (χ2v) is 3.62. The van der Waals surface area contributed by atoms with E-state index in [1.807, 2.05) is 24.7 Å². The Morgan fingerprint density at radius 3 is 3.06 bits per heavy atom. The lowest BCUT2D eigenvalue weighted by Crippen LogP contribution is -2.09. The van der Waals surface area contributed by atoms with Crippen LogP contribution in [0.3, 0.4) is 0 Å². The molecule has 2 heterocycles. The van der Waals surface area contributed by atoms with Crippen LogP contribution in [0.5, 0.6) is 0 Å². The number of aromatic nitrogens is 2. The van der Waals surface area contributed by atoms with Crippen LogP contribution in [0.1, 0.15) is 10.4 Å². The summed E-state index contributed by atoms with van der Waals surface area (Å²) in [5.41, 5.74) is 1.28. The molecule has 16 heavy (non-hydrogen) atoms. The van der Waals surface area contributed by atoms with E-state index in [2.05, 4.69) is 9.98 Å². The normalized spacial score (nSPS) is 11.1. The van der Waals surface area contributed by atoms with Crippen molar-refractivity contribution >= 4 is 17.9 Å². The fraction of sp³-hybridized carbons (Fsp3) is 0.182. The van der Waals surface area contributed by atoms with Crippen molar-refractivity contribution in [2.75, 3.05) is 14.1 Å². The van der Waals surface area contributed by atoms with Crippen molar-refractivity contribution < 1.29 is 4.79 Å². The third kappa shape index (κ3) is 2.08. The summed E-state index contributed by atoms with van der Waals surface area (Å²) < 4.78 is 1.84. The standard InChI is InChI=1S/C11H12N4O/c1-14(2)8-13-11(16)9-3-5-15-6-4-12-10(15)7-9/h3-8H,1-2H3. The van der Waals surface area contributed by atoms with Crippen LogP contribution in [-0.2, 0) is 0 Å². The van der Waals surface area contributed by atoms with Crippen molar-refractivity contribution in [3.63, 3.8) is 0 Å². The van der Waals surface area contributed by atoms with E-state index < -0.39 is 0 Å². The second-order valence-electron chi connectivity index (χ2n) is 3.62. The number of carbonyl (C=O) groups is 1. The summed E-state index contributed by atoms with van der Waals surface area (Å²) in [6, 6.07) is 3.44. The van der Waals surface area contributed by atoms with Crippen LogP contribution in [0.25, 0.3) is 5.65 Å². The molecule has 0 saturated heterocycles. The van der Waals surface area contributed by atoms with E-state index in [-0.39, 0.29) is 5.91 Å². The van der Waals surface area contributed by atoms with Gasteiger partial charge in [-0.2, -0.15) is 4.99 Å². The van der Waals surface area contributed by atoms with E-state index in [0.717, 1.165) is 5.65 Å². The van der Waals surface area contributed by atoms with Gasteiger partial charge in [-0.05, 0) is 12.1 Å². The second kappa shape index (κ2) is 4.14. The predicted octanol–water partition coefficient (Wildman–Crippen LogP) is 1.06. The average Bonchev–Trinajstić information content (AvgIpc) is 2.72. The Balaban J connectivity index is 2.29. The van der Waals surface area contributed by atoms with Crippen LogP contribution in [0.2, 0.25) is 0 Å². The highest BCUT2D eigenvalue weighted by Crippen LogP contribution is 2.06. The van der Waals surface area contributed by atoms with E-state index in [0.29, 0.717) is 5.56 Å². The Kier molecular flexibility index (Phi) is 2.68. The molecule has 0 saturated carbocycles. The molecule has 0 fully saturated rings. The molecule has 2 aromatic heterocycles. The quantitative estimate of drug-likeness (QED) is 0.557. The first-order valence-corrected chi connectivity index (χ1v) is 4.84. The smallest absolute Gasteiger partial charge is 0.278 e. The molecule has 0 aliphatic carbocycles. The molecule has 0 unspecified atom stereocenters. The van der Waals surface area contributed by atoms with Gasteiger partial charge in [-0.1, -0.05) is 0 Å². The summed E-state index contributed by atoms with van der Waals surface area (Å²) in [6.07, 6.45) is 6.79. The third-order valence-corrected chi connectivity index (χ3v) is 2.05. The minimum absolute atomic E-state index is 0.265. The number of fused-ring (bicyclic) bond motifs is 1. The van der Waals surface area contributed by atoms with Crippen molar-refractivity contribution in [3.05, 3.63) is 36.3 Å². The summed E-state index contributed by atoms with van der Waals surface area (Å²) in [5.74, 6) is -0.265. The Bertz CT molecular complexity index is 542. The van der Waals surface area contributed by atoms with Crippen LogP contribution >= 0.6 is 0 Å². The molecule has 0 atom stereocenters. The van der Waals surface area contributed by atoms with Crippen LogP contribution in [0.15, 0.2) is 35.7 Å². The van der Waals surface area contributed by atoms with Crippen molar-refractivity contribution in [3.8, 4) is 0 Å². The topological polar surface area (TPSA) is 50.0 Å². The number of carbonyl (C=O) groups excluding carboxylic acids is 1. The minimum Gasteiger partial charge on any atom is -0.369 e. The van der Waals surface area contributed by atoms with Gasteiger partial charge in [0.2, 0.25) is 0 Å². The minimum atomic E-state index is -0.265. The largest absolute Gasteiger partial charge is 0.369 e. The van der Waals surface area contributed by atoms with E-state index in [4.69, 9.17) is 0 Å². The van der Waals surface area contributed by atoms with Crippen LogP contribution in [-0.4, -0.2) is 40.6 Å². The fourth-order valence-corrected chi connectivity index (χ4v) is 1.29. The van der Waals surface area contributed by atoms with Crippen molar-refractivity contribution in [2.45, 2.75) is 0 Å². The molecule has 0 spiro atoms. The number of rotatable bonds is 2. The van der Waals surface area contributed by atoms with E-state index in [1.54, 1.807) is 29.4 Å². The number of hydrogen-bond acceptors (Lipinski definition) is 2. The number of hydrogen-bond donors (Lipinski definition) is 0. The highest BCUT2D eigenvalue weighted by atomic mass is 16.1. The lowest BCUT2D eigenvalue weighted by Gasteiger charge is -2.01. The summed E-state index contributed by atoms with van der Waals surface area (Å²) >= 11 is 0. The molecular weight excluding hydrogens is 204 g/mol. The summed E-state index contributed by atoms with van der Waals surface area (Å²) in [7, 11) is 3.63. The number of aliphatic imine (C=N–C) groups is 1. The Morgan fingerprint density at radius 1 is 1.50 bits per heavy atom. The van der Waals surface area contributed by atoms with Crippen LogP contribution < -0.4 is 0 Å². The fourth-order valence-electron chi connectivity index (χ4n) is 1.29. The van der Waals surface area contributed by atoms with Gasteiger partial charge in [0, 0.05) is 38.2 Å². The third-order valence-electron chi connectivity index (χ3n) is 2.05. The summed E-state index contributed by atoms with van der Waals surface area (Å²) in [6.45, 7) is 0. The number of amides is 1. The number of imidazole rings is 1. The predicted molar refractivity (Wildman–Crippen MR) is 61.7 cm³/mol. The summed E-state index contributed by atoms with van der Waals surface area (Å²) in [5, 5.41) is 0. The Morgan fingerprint density at radius 2 is 2.31 bits per heavy atom. The first kappa shape index (κ1) is 10.4. The molecule has 0 N–H and O–H groups in total. The van der Waals surface area contributed by atoms with Crippen LogP contribution in [0, 0.1) is 0 Å². The average molecular weight is 216 g/mol. The zero-order valence-electron chi connectivity index (χ0n) is 9.16. The van der Waals surface area contributed by atoms with E-state index in [9.17, 15) is 4.79 Å². The van der Waals surface area contributed by atoms with Gasteiger partial charge in [-0.25, -0.2) is 4.98 Å². The van der Waals surface area contributed by atoms with E-state index in [1.165, 1.54) is 6.34 Å². The SMILES string of the molecule is CN(C)C=NC(=O)c1ccn2ccnc2c1. The van der Waals surface area contributed by atoms with Gasteiger partial charge in [-0.3, -0.25) is 4.79 Å². The maximum Gasteiger partial charge on any atom is 0.278 e. The molecule has 1 amide bonds. The van der Waals surface area contributed by atoms with Gasteiger partial charge in [0.25, 0.3) is 5.91 Å². The van der Waals surface area contributed by atoms with Crippen molar-refractivity contribution in [1.29, 1.82) is 0 Å². The molecule has 0 aromatic carbocycles. The highest BCUT2D eigenvalue weighted by Gasteiger charge is 2.04. The first-order chi connectivity index (χ1) is 7.66. The van der Waals surface area contributed by atoms with Crippen molar-refractivity contribution in [2.24, 2.45) is 4.99 Å². The highest BCUT2D eigenvalue weighted by molar-refractivity contribution is 5.99. The van der Waals surface area contributed by atoms with Gasteiger partial charge < -0.3 is 9.30 Å². The maximum atomic E-state index is 11.7. The number of pyridine rings is 1. The Hall–Kier alpha value is -2.17. The van der Waals surface area contributed by atoms with Crippen LogP contribution in [0.4, 0.5) is 0 Å².